The highest BCUT2D eigenvalue weighted by Crippen LogP contribution is 2.20. The van der Waals surface area contributed by atoms with Gasteiger partial charge in [0.15, 0.2) is 0 Å². The maximum absolute atomic E-state index is 11.4. The van der Waals surface area contributed by atoms with Crippen LogP contribution in [0.4, 0.5) is 0 Å². The first-order chi connectivity index (χ1) is 8.99. The maximum Gasteiger partial charge on any atom is 0.333 e. The van der Waals surface area contributed by atoms with Crippen LogP contribution in [0.2, 0.25) is 0 Å². The van der Waals surface area contributed by atoms with Crippen molar-refractivity contribution in [3.05, 3.63) is 11.1 Å². The molecule has 1 heterocycles. The normalized spacial score (nSPS) is 19.7. The number of hydrogen-bond acceptors (Lipinski definition) is 4. The molecule has 0 saturated carbocycles. The lowest BCUT2D eigenvalue weighted by Gasteiger charge is -2.33. The van der Waals surface area contributed by atoms with E-state index in [1.807, 2.05) is 11.8 Å². The summed E-state index contributed by atoms with van der Waals surface area (Å²) in [5.41, 5.74) is 0.00485. The summed E-state index contributed by atoms with van der Waals surface area (Å²) < 4.78 is 5.22. The second kappa shape index (κ2) is 7.25. The maximum atomic E-state index is 11.4. The molecule has 1 unspecified atom stereocenters. The van der Waals surface area contributed by atoms with Gasteiger partial charge in [-0.25, -0.2) is 9.59 Å². The van der Waals surface area contributed by atoms with E-state index in [1.54, 1.807) is 6.92 Å². The average Bonchev–Trinajstić information content (AvgIpc) is 2.38. The second-order valence-corrected chi connectivity index (χ2v) is 4.58. The van der Waals surface area contributed by atoms with Gasteiger partial charge in [-0.3, -0.25) is 4.90 Å². The van der Waals surface area contributed by atoms with Crippen LogP contribution in [0.25, 0.3) is 0 Å². The summed E-state index contributed by atoms with van der Waals surface area (Å²) in [6.45, 7) is 5.92. The van der Waals surface area contributed by atoms with Crippen molar-refractivity contribution in [3.8, 4) is 0 Å². The summed E-state index contributed by atoms with van der Waals surface area (Å²) in [5, 5.41) is 18.5. The summed E-state index contributed by atoms with van der Waals surface area (Å²) in [5.74, 6) is -2.29. The topological polar surface area (TPSA) is 87.1 Å². The molecule has 0 aromatic heterocycles. The molecule has 6 nitrogen and oxygen atoms in total. The van der Waals surface area contributed by atoms with Gasteiger partial charge in [-0.1, -0.05) is 13.3 Å². The number of hydrogen-bond donors (Lipinski definition) is 2. The second-order valence-electron chi connectivity index (χ2n) is 4.58. The first kappa shape index (κ1) is 15.7. The summed E-state index contributed by atoms with van der Waals surface area (Å²) in [6, 6.07) is -0.418. The first-order valence-electron chi connectivity index (χ1n) is 6.50. The Balaban J connectivity index is 3.06. The predicted molar refractivity (Wildman–Crippen MR) is 69.1 cm³/mol. The zero-order chi connectivity index (χ0) is 14.4. The Morgan fingerprint density at radius 3 is 2.21 bits per heavy atom. The molecular weight excluding hydrogens is 250 g/mol. The van der Waals surface area contributed by atoms with Crippen molar-refractivity contribution < 1.29 is 24.5 Å². The van der Waals surface area contributed by atoms with Gasteiger partial charge in [0.25, 0.3) is 0 Å². The van der Waals surface area contributed by atoms with Gasteiger partial charge in [-0.05, 0) is 13.3 Å². The molecule has 1 fully saturated rings. The van der Waals surface area contributed by atoms with Crippen LogP contribution in [0.15, 0.2) is 11.1 Å². The van der Waals surface area contributed by atoms with Crippen LogP contribution in [-0.4, -0.2) is 59.4 Å². The van der Waals surface area contributed by atoms with Crippen LogP contribution in [0.3, 0.4) is 0 Å². The minimum absolute atomic E-state index is 0.00347. The summed E-state index contributed by atoms with van der Waals surface area (Å²) in [7, 11) is 0. The molecule has 1 aliphatic rings. The quantitative estimate of drug-likeness (QED) is 0.700. The van der Waals surface area contributed by atoms with E-state index < -0.39 is 18.0 Å². The van der Waals surface area contributed by atoms with Crippen LogP contribution < -0.4 is 0 Å². The molecule has 1 atom stereocenters. The van der Waals surface area contributed by atoms with Crippen LogP contribution in [0.5, 0.6) is 0 Å². The molecule has 2 N–H and O–H groups in total. The molecule has 108 valence electrons. The number of carboxylic acid groups (broad SMARTS) is 2. The van der Waals surface area contributed by atoms with Gasteiger partial charge in [0.05, 0.1) is 18.8 Å². The van der Waals surface area contributed by atoms with Crippen molar-refractivity contribution in [2.24, 2.45) is 0 Å². The molecule has 19 heavy (non-hydrogen) atoms. The molecule has 0 aliphatic carbocycles. The average molecular weight is 271 g/mol. The van der Waals surface area contributed by atoms with Crippen molar-refractivity contribution in [1.82, 2.24) is 4.90 Å². The Kier molecular flexibility index (Phi) is 5.98. The van der Waals surface area contributed by atoms with Crippen LogP contribution in [0.1, 0.15) is 26.7 Å². The molecule has 1 saturated heterocycles. The monoisotopic (exact) mass is 271 g/mol. The van der Waals surface area contributed by atoms with E-state index >= 15 is 0 Å². The molecule has 1 aliphatic heterocycles. The third-order valence-electron chi connectivity index (χ3n) is 3.32. The molecular formula is C13H21NO5. The van der Waals surface area contributed by atoms with E-state index in [1.165, 1.54) is 0 Å². The number of aliphatic carboxylic acids is 2. The first-order valence-corrected chi connectivity index (χ1v) is 6.50. The smallest absolute Gasteiger partial charge is 0.333 e. The van der Waals surface area contributed by atoms with Crippen molar-refractivity contribution in [3.63, 3.8) is 0 Å². The Morgan fingerprint density at radius 2 is 1.79 bits per heavy atom. The highest BCUT2D eigenvalue weighted by Gasteiger charge is 2.29. The van der Waals surface area contributed by atoms with Gasteiger partial charge in [-0.2, -0.15) is 0 Å². The lowest BCUT2D eigenvalue weighted by Crippen LogP contribution is -2.44. The summed E-state index contributed by atoms with van der Waals surface area (Å²) in [6.07, 6.45) is 0.875. The number of carboxylic acids is 2. The third-order valence-corrected chi connectivity index (χ3v) is 3.32. The van der Waals surface area contributed by atoms with E-state index in [-0.39, 0.29) is 17.6 Å². The van der Waals surface area contributed by atoms with Gasteiger partial charge in [0.1, 0.15) is 0 Å². The molecule has 0 radical (unpaired) electrons. The predicted octanol–water partition coefficient (Wildman–Crippen LogP) is 0.973. The van der Waals surface area contributed by atoms with Crippen molar-refractivity contribution >= 4 is 11.9 Å². The summed E-state index contributed by atoms with van der Waals surface area (Å²) >= 11 is 0. The molecule has 6 heteroatoms. The minimum Gasteiger partial charge on any atom is -0.478 e. The van der Waals surface area contributed by atoms with E-state index in [0.717, 1.165) is 0 Å². The van der Waals surface area contributed by atoms with Gasteiger partial charge < -0.3 is 14.9 Å². The molecule has 0 aromatic carbocycles. The zero-order valence-electron chi connectivity index (χ0n) is 11.4. The number of ether oxygens (including phenoxy) is 1. The largest absolute Gasteiger partial charge is 0.478 e. The fourth-order valence-corrected chi connectivity index (χ4v) is 2.31. The van der Waals surface area contributed by atoms with Gasteiger partial charge in [0.2, 0.25) is 0 Å². The van der Waals surface area contributed by atoms with Crippen molar-refractivity contribution in [1.29, 1.82) is 0 Å². The number of morpholine rings is 1. The Labute approximate surface area is 112 Å². The fraction of sp³-hybridized carbons (Fsp3) is 0.692. The van der Waals surface area contributed by atoms with Crippen molar-refractivity contribution in [2.45, 2.75) is 32.7 Å². The lowest BCUT2D eigenvalue weighted by atomic mass is 9.97. The molecule has 1 rings (SSSR count). The Bertz CT molecular complexity index is 371. The van der Waals surface area contributed by atoms with Crippen LogP contribution in [0, 0.1) is 0 Å². The molecule has 0 bridgehead atoms. The Morgan fingerprint density at radius 1 is 1.21 bits per heavy atom. The highest BCUT2D eigenvalue weighted by molar-refractivity contribution is 5.99. The minimum atomic E-state index is -1.15. The SMILES string of the molecule is CCC/C(C(=O)O)=C(\C(=O)O)C(C)N1CCOCC1. The fourth-order valence-electron chi connectivity index (χ4n) is 2.31. The van der Waals surface area contributed by atoms with Crippen LogP contribution >= 0.6 is 0 Å². The zero-order valence-corrected chi connectivity index (χ0v) is 11.4. The Hall–Kier alpha value is -1.40. The van der Waals surface area contributed by atoms with E-state index in [0.29, 0.717) is 32.7 Å². The molecule has 0 amide bonds. The molecule has 0 spiro atoms. The third kappa shape index (κ3) is 4.04. The summed E-state index contributed by atoms with van der Waals surface area (Å²) in [4.78, 5) is 24.6. The van der Waals surface area contributed by atoms with Gasteiger partial charge >= 0.3 is 11.9 Å². The van der Waals surface area contributed by atoms with Gasteiger partial charge in [0, 0.05) is 24.7 Å². The van der Waals surface area contributed by atoms with Crippen LogP contribution in [-0.2, 0) is 14.3 Å². The standard InChI is InChI=1S/C13H21NO5/c1-3-4-10(12(15)16)11(13(17)18)9(2)14-5-7-19-8-6-14/h9H,3-8H2,1-2H3,(H,15,16)(H,17,18)/b11-10+. The highest BCUT2D eigenvalue weighted by atomic mass is 16.5. The molecule has 0 aromatic rings. The van der Waals surface area contributed by atoms with E-state index in [4.69, 9.17) is 4.74 Å². The lowest BCUT2D eigenvalue weighted by molar-refractivity contribution is -0.136. The number of nitrogens with zero attached hydrogens (tertiary/aromatic N) is 1. The van der Waals surface area contributed by atoms with Crippen molar-refractivity contribution in [2.75, 3.05) is 26.3 Å². The van der Waals surface area contributed by atoms with Gasteiger partial charge in [-0.15, -0.1) is 0 Å². The van der Waals surface area contributed by atoms with E-state index in [2.05, 4.69) is 0 Å². The number of carbonyl (C=O) groups is 2. The number of rotatable bonds is 6. The van der Waals surface area contributed by atoms with E-state index in [9.17, 15) is 19.8 Å².